The molecule has 0 heterocycles. The molecule has 1 atom stereocenters. The molecule has 118 valence electrons. The van der Waals surface area contributed by atoms with Gasteiger partial charge in [0.2, 0.25) is 0 Å². The quantitative estimate of drug-likeness (QED) is 0.750. The summed E-state index contributed by atoms with van der Waals surface area (Å²) in [5.74, 6) is 1.05. The number of ether oxygens (including phenoxy) is 1. The molecule has 1 N–H and O–H groups in total. The molecule has 1 aliphatic rings. The van der Waals surface area contributed by atoms with Gasteiger partial charge in [-0.2, -0.15) is 0 Å². The maximum atomic E-state index is 5.84. The van der Waals surface area contributed by atoms with Crippen LogP contribution in [0.1, 0.15) is 57.2 Å². The molecule has 1 saturated carbocycles. The van der Waals surface area contributed by atoms with Crippen LogP contribution in [0.4, 0.5) is 0 Å². The fraction of sp³-hybridized carbons (Fsp3) is 0.667. The van der Waals surface area contributed by atoms with E-state index in [0.29, 0.717) is 6.04 Å². The third-order valence-corrected chi connectivity index (χ3v) is 4.26. The van der Waals surface area contributed by atoms with Crippen molar-refractivity contribution >= 4 is 0 Å². The van der Waals surface area contributed by atoms with Gasteiger partial charge in [-0.3, -0.25) is 4.90 Å². The molecule has 21 heavy (non-hydrogen) atoms. The molecule has 0 aromatic heterocycles. The molecule has 0 bridgehead atoms. The first-order chi connectivity index (χ1) is 10.2. The first-order valence-electron chi connectivity index (χ1n) is 8.36. The van der Waals surface area contributed by atoms with Crippen LogP contribution in [-0.2, 0) is 6.54 Å². The first-order valence-corrected chi connectivity index (χ1v) is 8.36. The van der Waals surface area contributed by atoms with E-state index in [2.05, 4.69) is 49.2 Å². The second-order valence-electron chi connectivity index (χ2n) is 6.01. The van der Waals surface area contributed by atoms with Gasteiger partial charge in [0.1, 0.15) is 5.75 Å². The van der Waals surface area contributed by atoms with Gasteiger partial charge in [-0.25, -0.2) is 0 Å². The molecule has 0 aliphatic heterocycles. The van der Waals surface area contributed by atoms with E-state index in [-0.39, 0.29) is 0 Å². The van der Waals surface area contributed by atoms with Crippen LogP contribution in [0, 0.1) is 0 Å². The highest BCUT2D eigenvalue weighted by Gasteiger charge is 2.28. The van der Waals surface area contributed by atoms with E-state index in [1.807, 2.05) is 7.05 Å². The second-order valence-corrected chi connectivity index (χ2v) is 6.01. The van der Waals surface area contributed by atoms with Crippen LogP contribution >= 0.6 is 0 Å². The van der Waals surface area contributed by atoms with Gasteiger partial charge >= 0.3 is 0 Å². The zero-order valence-electron chi connectivity index (χ0n) is 14.0. The molecule has 1 aromatic carbocycles. The van der Waals surface area contributed by atoms with E-state index in [9.17, 15) is 0 Å². The molecule has 1 aromatic rings. The van der Waals surface area contributed by atoms with Crippen LogP contribution < -0.4 is 10.1 Å². The van der Waals surface area contributed by atoms with E-state index in [4.69, 9.17) is 4.74 Å². The van der Waals surface area contributed by atoms with Gasteiger partial charge in [0.05, 0.1) is 6.61 Å². The molecule has 0 radical (unpaired) electrons. The van der Waals surface area contributed by atoms with Crippen LogP contribution in [0.5, 0.6) is 5.75 Å². The average molecular weight is 290 g/mol. The summed E-state index contributed by atoms with van der Waals surface area (Å²) in [6.07, 6.45) is 3.93. The lowest BCUT2D eigenvalue weighted by Gasteiger charge is -2.24. The molecule has 1 aliphatic carbocycles. The lowest BCUT2D eigenvalue weighted by atomic mass is 10.0. The Kier molecular flexibility index (Phi) is 6.07. The van der Waals surface area contributed by atoms with Gasteiger partial charge in [-0.1, -0.05) is 13.0 Å². The highest BCUT2D eigenvalue weighted by atomic mass is 16.5. The normalized spacial score (nSPS) is 16.2. The Morgan fingerprint density at radius 1 is 1.33 bits per heavy atom. The average Bonchev–Trinajstić information content (AvgIpc) is 3.32. The van der Waals surface area contributed by atoms with Gasteiger partial charge in [0, 0.05) is 24.2 Å². The third-order valence-electron chi connectivity index (χ3n) is 4.26. The van der Waals surface area contributed by atoms with Gasteiger partial charge in [-0.05, 0) is 64.4 Å². The fourth-order valence-electron chi connectivity index (χ4n) is 2.79. The van der Waals surface area contributed by atoms with Gasteiger partial charge in [0.15, 0.2) is 0 Å². The largest absolute Gasteiger partial charge is 0.494 e. The summed E-state index contributed by atoms with van der Waals surface area (Å²) in [7, 11) is 2.01. The Balaban J connectivity index is 2.19. The monoisotopic (exact) mass is 290 g/mol. The van der Waals surface area contributed by atoms with E-state index >= 15 is 0 Å². The van der Waals surface area contributed by atoms with E-state index in [1.54, 1.807) is 0 Å². The lowest BCUT2D eigenvalue weighted by molar-refractivity contribution is 0.248. The molecular weight excluding hydrogens is 260 g/mol. The Morgan fingerprint density at radius 3 is 2.67 bits per heavy atom. The minimum atomic E-state index is 0.375. The molecular formula is C18H30N2O. The van der Waals surface area contributed by atoms with Crippen molar-refractivity contribution in [2.45, 2.75) is 58.7 Å². The lowest BCUT2D eigenvalue weighted by Crippen LogP contribution is -2.26. The van der Waals surface area contributed by atoms with Crippen molar-refractivity contribution in [3.05, 3.63) is 29.3 Å². The Morgan fingerprint density at radius 2 is 2.10 bits per heavy atom. The number of nitrogens with zero attached hydrogens (tertiary/aromatic N) is 1. The SMILES string of the molecule is CCCN(Cc1cc(C(C)NC)ccc1OCC)C1CC1. The molecule has 0 saturated heterocycles. The predicted octanol–water partition coefficient (Wildman–Crippen LogP) is 3.74. The second kappa shape index (κ2) is 7.81. The molecule has 1 unspecified atom stereocenters. The van der Waals surface area contributed by atoms with Crippen LogP contribution in [0.15, 0.2) is 18.2 Å². The summed E-state index contributed by atoms with van der Waals surface area (Å²) in [4.78, 5) is 2.62. The Labute approximate surface area is 129 Å². The molecule has 3 heteroatoms. The summed E-state index contributed by atoms with van der Waals surface area (Å²) in [5, 5.41) is 3.32. The molecule has 3 nitrogen and oxygen atoms in total. The van der Waals surface area contributed by atoms with Gasteiger partial charge < -0.3 is 10.1 Å². The maximum absolute atomic E-state index is 5.84. The standard InChI is InChI=1S/C18H30N2O/c1-5-11-20(17-8-9-17)13-16-12-15(14(3)19-4)7-10-18(16)21-6-2/h7,10,12,14,17,19H,5-6,8-9,11,13H2,1-4H3. The number of nitrogens with one attached hydrogen (secondary N) is 1. The summed E-state index contributed by atoms with van der Waals surface area (Å²) in [6.45, 7) is 9.44. The zero-order valence-corrected chi connectivity index (χ0v) is 14.0. The maximum Gasteiger partial charge on any atom is 0.123 e. The minimum absolute atomic E-state index is 0.375. The summed E-state index contributed by atoms with van der Waals surface area (Å²) < 4.78 is 5.84. The number of hydrogen-bond acceptors (Lipinski definition) is 3. The molecule has 2 rings (SSSR count). The zero-order chi connectivity index (χ0) is 15.2. The van der Waals surface area contributed by atoms with Gasteiger partial charge in [0.25, 0.3) is 0 Å². The van der Waals surface area contributed by atoms with E-state index in [1.165, 1.54) is 36.9 Å². The van der Waals surface area contributed by atoms with Crippen LogP contribution in [0.3, 0.4) is 0 Å². The van der Waals surface area contributed by atoms with Crippen molar-refractivity contribution in [1.29, 1.82) is 0 Å². The molecule has 1 fully saturated rings. The van der Waals surface area contributed by atoms with Crippen LogP contribution in [0.25, 0.3) is 0 Å². The van der Waals surface area contributed by atoms with E-state index < -0.39 is 0 Å². The number of hydrogen-bond donors (Lipinski definition) is 1. The number of benzene rings is 1. The first kappa shape index (κ1) is 16.3. The third kappa shape index (κ3) is 4.45. The molecule has 0 spiro atoms. The van der Waals surface area contributed by atoms with Crippen molar-refractivity contribution in [3.8, 4) is 5.75 Å². The van der Waals surface area contributed by atoms with Gasteiger partial charge in [-0.15, -0.1) is 0 Å². The summed E-state index contributed by atoms with van der Waals surface area (Å²) in [6, 6.07) is 7.80. The minimum Gasteiger partial charge on any atom is -0.494 e. The van der Waals surface area contributed by atoms with Crippen LogP contribution in [0.2, 0.25) is 0 Å². The highest BCUT2D eigenvalue weighted by molar-refractivity contribution is 5.38. The van der Waals surface area contributed by atoms with Crippen molar-refractivity contribution in [1.82, 2.24) is 10.2 Å². The van der Waals surface area contributed by atoms with Crippen molar-refractivity contribution < 1.29 is 4.74 Å². The van der Waals surface area contributed by atoms with Crippen molar-refractivity contribution in [3.63, 3.8) is 0 Å². The number of rotatable bonds is 9. The molecule has 0 amide bonds. The Hall–Kier alpha value is -1.06. The highest BCUT2D eigenvalue weighted by Crippen LogP contribution is 2.31. The smallest absolute Gasteiger partial charge is 0.123 e. The van der Waals surface area contributed by atoms with Crippen LogP contribution in [-0.4, -0.2) is 31.1 Å². The predicted molar refractivity (Wildman–Crippen MR) is 88.8 cm³/mol. The Bertz CT molecular complexity index is 443. The van der Waals surface area contributed by atoms with Crippen molar-refractivity contribution in [2.75, 3.05) is 20.2 Å². The van der Waals surface area contributed by atoms with Crippen molar-refractivity contribution in [2.24, 2.45) is 0 Å². The van der Waals surface area contributed by atoms with E-state index in [0.717, 1.165) is 24.9 Å². The summed E-state index contributed by atoms with van der Waals surface area (Å²) in [5.41, 5.74) is 2.67. The fourth-order valence-corrected chi connectivity index (χ4v) is 2.79. The summed E-state index contributed by atoms with van der Waals surface area (Å²) >= 11 is 0. The topological polar surface area (TPSA) is 24.5 Å².